The van der Waals surface area contributed by atoms with Crippen LogP contribution in [0.4, 0.5) is 0 Å². The summed E-state index contributed by atoms with van der Waals surface area (Å²) >= 11 is 0. The van der Waals surface area contributed by atoms with Gasteiger partial charge < -0.3 is 9.72 Å². The normalized spacial score (nSPS) is 24.9. The molecule has 4 heteroatoms. The molecule has 0 radical (unpaired) electrons. The van der Waals surface area contributed by atoms with Crippen molar-refractivity contribution in [2.45, 2.75) is 32.4 Å². The highest BCUT2D eigenvalue weighted by Gasteiger charge is 2.28. The topological polar surface area (TPSA) is 32.6 Å². The molecular formula is C15H22N4. The Balaban J connectivity index is 1.74. The van der Waals surface area contributed by atoms with E-state index in [9.17, 15) is 0 Å². The first-order chi connectivity index (χ1) is 9.18. The third kappa shape index (κ3) is 2.65. The lowest BCUT2D eigenvalue weighted by Gasteiger charge is -2.40. The fourth-order valence-corrected chi connectivity index (χ4v) is 2.81. The first-order valence-electron chi connectivity index (χ1n) is 7.08. The van der Waals surface area contributed by atoms with E-state index in [4.69, 9.17) is 0 Å². The molecule has 1 fully saturated rings. The summed E-state index contributed by atoms with van der Waals surface area (Å²) in [5.41, 5.74) is 2.44. The molecule has 2 aromatic rings. The van der Waals surface area contributed by atoms with Gasteiger partial charge in [0.2, 0.25) is 0 Å². The molecule has 0 bridgehead atoms. The molecule has 3 rings (SSSR count). The van der Waals surface area contributed by atoms with Crippen LogP contribution in [0.2, 0.25) is 0 Å². The Hall–Kier alpha value is -1.39. The maximum atomic E-state index is 4.68. The van der Waals surface area contributed by atoms with E-state index < -0.39 is 0 Å². The van der Waals surface area contributed by atoms with Gasteiger partial charge in [-0.3, -0.25) is 4.90 Å². The predicted octanol–water partition coefficient (Wildman–Crippen LogP) is 1.91. The third-order valence-electron chi connectivity index (χ3n) is 4.13. The number of fused-ring (bicyclic) bond motifs is 1. The molecule has 1 aliphatic heterocycles. The summed E-state index contributed by atoms with van der Waals surface area (Å²) in [6.45, 7) is 8.77. The smallest absolute Gasteiger partial charge is 0.137 e. The Bertz CT molecular complexity index is 529. The largest absolute Gasteiger partial charge is 0.309 e. The number of aromatic nitrogens is 2. The molecule has 1 saturated heterocycles. The monoisotopic (exact) mass is 258 g/mol. The van der Waals surface area contributed by atoms with Crippen molar-refractivity contribution in [2.75, 3.05) is 19.6 Å². The van der Waals surface area contributed by atoms with Gasteiger partial charge in [0.25, 0.3) is 0 Å². The van der Waals surface area contributed by atoms with Crippen LogP contribution in [0.15, 0.2) is 30.6 Å². The lowest BCUT2D eigenvalue weighted by atomic mass is 9.96. The molecule has 19 heavy (non-hydrogen) atoms. The Labute approximate surface area is 114 Å². The average Bonchev–Trinajstić information content (AvgIpc) is 2.81. The molecule has 0 saturated carbocycles. The van der Waals surface area contributed by atoms with Crippen LogP contribution < -0.4 is 5.32 Å². The minimum atomic E-state index is 0.247. The van der Waals surface area contributed by atoms with Crippen LogP contribution >= 0.6 is 0 Å². The van der Waals surface area contributed by atoms with Crippen molar-refractivity contribution in [3.63, 3.8) is 0 Å². The zero-order valence-corrected chi connectivity index (χ0v) is 11.8. The molecule has 2 aromatic heterocycles. The van der Waals surface area contributed by atoms with Gasteiger partial charge in [0.05, 0.1) is 5.69 Å². The van der Waals surface area contributed by atoms with Crippen LogP contribution in [0.1, 0.15) is 26.0 Å². The number of nitrogens with zero attached hydrogens (tertiary/aromatic N) is 3. The maximum Gasteiger partial charge on any atom is 0.137 e. The van der Waals surface area contributed by atoms with Gasteiger partial charge in [0.15, 0.2) is 0 Å². The van der Waals surface area contributed by atoms with Gasteiger partial charge in [-0.2, -0.15) is 0 Å². The SMILES string of the molecule is CCC1(C)CN(Cc2cn3ccccc3n2)CCN1. The van der Waals surface area contributed by atoms with Crippen LogP contribution in [-0.4, -0.2) is 39.5 Å². The molecule has 4 nitrogen and oxygen atoms in total. The van der Waals surface area contributed by atoms with Crippen LogP contribution in [-0.2, 0) is 6.54 Å². The molecule has 1 unspecified atom stereocenters. The summed E-state index contributed by atoms with van der Waals surface area (Å²) in [5.74, 6) is 0. The molecule has 1 atom stereocenters. The van der Waals surface area contributed by atoms with E-state index in [1.165, 1.54) is 0 Å². The molecule has 0 amide bonds. The van der Waals surface area contributed by atoms with Crippen molar-refractivity contribution in [3.8, 4) is 0 Å². The fraction of sp³-hybridized carbons (Fsp3) is 0.533. The molecule has 0 aliphatic carbocycles. The molecule has 3 heterocycles. The van der Waals surface area contributed by atoms with Crippen molar-refractivity contribution in [3.05, 3.63) is 36.3 Å². The van der Waals surface area contributed by atoms with Gasteiger partial charge in [-0.25, -0.2) is 4.98 Å². The second-order valence-corrected chi connectivity index (χ2v) is 5.75. The summed E-state index contributed by atoms with van der Waals surface area (Å²) in [4.78, 5) is 7.18. The van der Waals surface area contributed by atoms with Gasteiger partial charge in [-0.1, -0.05) is 13.0 Å². The first kappa shape index (κ1) is 12.6. The second-order valence-electron chi connectivity index (χ2n) is 5.75. The highest BCUT2D eigenvalue weighted by atomic mass is 15.2. The van der Waals surface area contributed by atoms with E-state index in [-0.39, 0.29) is 5.54 Å². The summed E-state index contributed by atoms with van der Waals surface area (Å²) < 4.78 is 2.09. The van der Waals surface area contributed by atoms with E-state index in [1.54, 1.807) is 0 Å². The van der Waals surface area contributed by atoms with E-state index >= 15 is 0 Å². The number of piperazine rings is 1. The molecule has 0 spiro atoms. The van der Waals surface area contributed by atoms with Gasteiger partial charge in [0.1, 0.15) is 5.65 Å². The number of hydrogen-bond acceptors (Lipinski definition) is 3. The minimum Gasteiger partial charge on any atom is -0.309 e. The number of hydrogen-bond donors (Lipinski definition) is 1. The van der Waals surface area contributed by atoms with Gasteiger partial charge in [-0.15, -0.1) is 0 Å². The molecule has 1 N–H and O–H groups in total. The predicted molar refractivity (Wildman–Crippen MR) is 77.2 cm³/mol. The number of imidazole rings is 1. The zero-order chi connectivity index (χ0) is 13.3. The summed E-state index contributed by atoms with van der Waals surface area (Å²) in [5, 5.41) is 3.62. The van der Waals surface area contributed by atoms with Crippen LogP contribution in [0, 0.1) is 0 Å². The summed E-state index contributed by atoms with van der Waals surface area (Å²) in [6.07, 6.45) is 5.36. The lowest BCUT2D eigenvalue weighted by molar-refractivity contribution is 0.132. The second kappa shape index (κ2) is 4.94. The quantitative estimate of drug-likeness (QED) is 0.913. The van der Waals surface area contributed by atoms with Crippen molar-refractivity contribution in [1.82, 2.24) is 19.6 Å². The highest BCUT2D eigenvalue weighted by molar-refractivity contribution is 5.39. The Morgan fingerprint density at radius 2 is 2.32 bits per heavy atom. The lowest BCUT2D eigenvalue weighted by Crippen LogP contribution is -2.58. The fourth-order valence-electron chi connectivity index (χ4n) is 2.81. The van der Waals surface area contributed by atoms with E-state index in [0.717, 1.165) is 43.9 Å². The van der Waals surface area contributed by atoms with Gasteiger partial charge >= 0.3 is 0 Å². The molecular weight excluding hydrogens is 236 g/mol. The first-order valence-corrected chi connectivity index (χ1v) is 7.08. The maximum absolute atomic E-state index is 4.68. The highest BCUT2D eigenvalue weighted by Crippen LogP contribution is 2.17. The van der Waals surface area contributed by atoms with Crippen molar-refractivity contribution in [1.29, 1.82) is 0 Å². The van der Waals surface area contributed by atoms with Crippen LogP contribution in [0.5, 0.6) is 0 Å². The number of nitrogens with one attached hydrogen (secondary N) is 1. The van der Waals surface area contributed by atoms with Crippen LogP contribution in [0.25, 0.3) is 5.65 Å². The van der Waals surface area contributed by atoms with Crippen molar-refractivity contribution >= 4 is 5.65 Å². The standard InChI is InChI=1S/C15H22N4/c1-3-15(2)12-18(9-7-16-15)10-13-11-19-8-5-4-6-14(19)17-13/h4-6,8,11,16H,3,7,9-10,12H2,1-2H3. The third-order valence-corrected chi connectivity index (χ3v) is 4.13. The van der Waals surface area contributed by atoms with Crippen LogP contribution in [0.3, 0.4) is 0 Å². The summed E-state index contributed by atoms with van der Waals surface area (Å²) in [7, 11) is 0. The van der Waals surface area contributed by atoms with Crippen molar-refractivity contribution in [2.24, 2.45) is 0 Å². The van der Waals surface area contributed by atoms with Gasteiger partial charge in [0, 0.05) is 44.1 Å². The Kier molecular flexibility index (Phi) is 3.29. The molecule has 102 valence electrons. The average molecular weight is 258 g/mol. The van der Waals surface area contributed by atoms with E-state index in [2.05, 4.69) is 51.9 Å². The Morgan fingerprint density at radius 3 is 3.11 bits per heavy atom. The Morgan fingerprint density at radius 1 is 1.42 bits per heavy atom. The summed E-state index contributed by atoms with van der Waals surface area (Å²) in [6, 6.07) is 6.12. The van der Waals surface area contributed by atoms with Crippen molar-refractivity contribution < 1.29 is 0 Å². The molecule has 0 aromatic carbocycles. The van der Waals surface area contributed by atoms with E-state index in [1.807, 2.05) is 12.1 Å². The zero-order valence-electron chi connectivity index (χ0n) is 11.8. The number of rotatable bonds is 3. The molecule has 1 aliphatic rings. The number of pyridine rings is 1. The minimum absolute atomic E-state index is 0.247. The van der Waals surface area contributed by atoms with E-state index in [0.29, 0.717) is 0 Å². The van der Waals surface area contributed by atoms with Gasteiger partial charge in [-0.05, 0) is 25.5 Å².